The van der Waals surface area contributed by atoms with Crippen LogP contribution in [-0.4, -0.2) is 46.7 Å². The molecule has 0 amide bonds. The first kappa shape index (κ1) is 22.6. The van der Waals surface area contributed by atoms with E-state index in [0.717, 1.165) is 44.6 Å². The number of benzene rings is 1. The molecule has 1 aliphatic rings. The number of nitrogens with zero attached hydrogens (tertiary/aromatic N) is 3. The lowest BCUT2D eigenvalue weighted by Gasteiger charge is -2.30. The molecule has 1 saturated heterocycles. The largest absolute Gasteiger partial charge is 0.393 e. The molecular formula is C21H30IN5O. The highest BCUT2D eigenvalue weighted by Crippen LogP contribution is 2.17. The molecule has 1 aromatic carbocycles. The third-order valence-corrected chi connectivity index (χ3v) is 4.90. The summed E-state index contributed by atoms with van der Waals surface area (Å²) in [5.74, 6) is 0.460. The second-order valence-corrected chi connectivity index (χ2v) is 6.98. The lowest BCUT2D eigenvalue weighted by molar-refractivity contribution is 0.0791. The maximum Gasteiger partial charge on any atom is 0.188 e. The highest BCUT2D eigenvalue weighted by Gasteiger charge is 2.17. The fraction of sp³-hybridized carbons (Fsp3) is 0.429. The minimum absolute atomic E-state index is 0. The van der Waals surface area contributed by atoms with Crippen LogP contribution in [0.15, 0.2) is 53.7 Å². The van der Waals surface area contributed by atoms with Crippen molar-refractivity contribution in [2.75, 3.05) is 19.6 Å². The highest BCUT2D eigenvalue weighted by molar-refractivity contribution is 14.0. The summed E-state index contributed by atoms with van der Waals surface area (Å²) in [4.78, 5) is 11.2. The average Bonchev–Trinajstić information content (AvgIpc) is 2.70. The monoisotopic (exact) mass is 495 g/mol. The van der Waals surface area contributed by atoms with Crippen molar-refractivity contribution in [2.45, 2.75) is 38.5 Å². The van der Waals surface area contributed by atoms with Crippen molar-refractivity contribution in [1.82, 2.24) is 15.2 Å². The summed E-state index contributed by atoms with van der Waals surface area (Å²) >= 11 is 0. The van der Waals surface area contributed by atoms with Gasteiger partial charge in [-0.25, -0.2) is 4.99 Å². The summed E-state index contributed by atoms with van der Waals surface area (Å²) in [6.45, 7) is 4.05. The molecule has 6 nitrogen and oxygen atoms in total. The van der Waals surface area contributed by atoms with E-state index in [1.807, 2.05) is 24.3 Å². The number of aliphatic hydroxyl groups excluding tert-OH is 1. The number of guanidine groups is 1. The lowest BCUT2D eigenvalue weighted by atomic mass is 10.0. The third kappa shape index (κ3) is 7.37. The van der Waals surface area contributed by atoms with E-state index in [4.69, 9.17) is 5.73 Å². The Kier molecular flexibility index (Phi) is 9.66. The van der Waals surface area contributed by atoms with Gasteiger partial charge in [0.15, 0.2) is 5.96 Å². The van der Waals surface area contributed by atoms with Crippen LogP contribution in [0.3, 0.4) is 0 Å². The maximum absolute atomic E-state index is 9.67. The Labute approximate surface area is 184 Å². The number of hydrogen-bond donors (Lipinski definition) is 3. The average molecular weight is 495 g/mol. The summed E-state index contributed by atoms with van der Waals surface area (Å²) in [6, 6.07) is 14.3. The topological polar surface area (TPSA) is 86.8 Å². The Morgan fingerprint density at radius 3 is 2.57 bits per heavy atom. The molecule has 0 atom stereocenters. The third-order valence-electron chi connectivity index (χ3n) is 4.90. The Bertz CT molecular complexity index is 733. The van der Waals surface area contributed by atoms with E-state index in [-0.39, 0.29) is 30.1 Å². The van der Waals surface area contributed by atoms with Gasteiger partial charge in [-0.2, -0.15) is 0 Å². The first-order valence-corrected chi connectivity index (χ1v) is 9.61. The van der Waals surface area contributed by atoms with Gasteiger partial charge in [0.1, 0.15) is 0 Å². The van der Waals surface area contributed by atoms with Crippen LogP contribution in [0.2, 0.25) is 0 Å². The summed E-state index contributed by atoms with van der Waals surface area (Å²) in [7, 11) is 0. The fourth-order valence-corrected chi connectivity index (χ4v) is 3.28. The molecule has 0 aliphatic carbocycles. The first-order chi connectivity index (χ1) is 13.2. The minimum atomic E-state index is -0.141. The quantitative estimate of drug-likeness (QED) is 0.312. The summed E-state index contributed by atoms with van der Waals surface area (Å²) in [5.41, 5.74) is 9.52. The molecule has 3 rings (SSSR count). The predicted octanol–water partition coefficient (Wildman–Crippen LogP) is 2.30. The number of pyridine rings is 1. The smallest absolute Gasteiger partial charge is 0.188 e. The number of hydrogen-bond acceptors (Lipinski definition) is 4. The Morgan fingerprint density at radius 1 is 1.14 bits per heavy atom. The van der Waals surface area contributed by atoms with Gasteiger partial charge in [0, 0.05) is 44.5 Å². The summed E-state index contributed by atoms with van der Waals surface area (Å²) in [6.07, 6.45) is 4.18. The van der Waals surface area contributed by atoms with Crippen molar-refractivity contribution >= 4 is 29.9 Å². The highest BCUT2D eigenvalue weighted by atomic mass is 127. The van der Waals surface area contributed by atoms with Crippen molar-refractivity contribution in [3.8, 4) is 0 Å². The molecule has 2 heterocycles. The molecule has 152 valence electrons. The molecule has 0 unspecified atom stereocenters. The molecule has 4 N–H and O–H groups in total. The van der Waals surface area contributed by atoms with Gasteiger partial charge < -0.3 is 16.2 Å². The molecule has 1 aromatic heterocycles. The van der Waals surface area contributed by atoms with Crippen LogP contribution < -0.4 is 11.1 Å². The number of likely N-dealkylation sites (tertiary alicyclic amines) is 1. The van der Waals surface area contributed by atoms with Gasteiger partial charge in [-0.1, -0.05) is 30.3 Å². The molecule has 0 spiro atoms. The zero-order valence-corrected chi connectivity index (χ0v) is 18.5. The molecule has 0 bridgehead atoms. The van der Waals surface area contributed by atoms with E-state index in [1.165, 1.54) is 11.1 Å². The number of nitrogens with one attached hydrogen (secondary N) is 1. The number of nitrogens with two attached hydrogens (primary N) is 1. The van der Waals surface area contributed by atoms with Crippen LogP contribution in [0.4, 0.5) is 0 Å². The number of halogens is 1. The maximum atomic E-state index is 9.67. The van der Waals surface area contributed by atoms with Gasteiger partial charge in [-0.05, 0) is 36.1 Å². The number of aliphatic hydroxyl groups is 1. The van der Waals surface area contributed by atoms with Gasteiger partial charge in [-0.15, -0.1) is 24.0 Å². The fourth-order valence-electron chi connectivity index (χ4n) is 3.28. The predicted molar refractivity (Wildman–Crippen MR) is 124 cm³/mol. The van der Waals surface area contributed by atoms with Crippen molar-refractivity contribution < 1.29 is 5.11 Å². The van der Waals surface area contributed by atoms with Gasteiger partial charge in [0.25, 0.3) is 0 Å². The van der Waals surface area contributed by atoms with Crippen molar-refractivity contribution in [2.24, 2.45) is 10.7 Å². The lowest BCUT2D eigenvalue weighted by Crippen LogP contribution is -2.35. The van der Waals surface area contributed by atoms with E-state index in [2.05, 4.69) is 38.4 Å². The van der Waals surface area contributed by atoms with E-state index in [0.29, 0.717) is 19.0 Å². The Morgan fingerprint density at radius 2 is 1.86 bits per heavy atom. The van der Waals surface area contributed by atoms with Crippen molar-refractivity contribution in [3.63, 3.8) is 0 Å². The van der Waals surface area contributed by atoms with E-state index in [9.17, 15) is 5.11 Å². The molecule has 28 heavy (non-hydrogen) atoms. The van der Waals surface area contributed by atoms with E-state index in [1.54, 1.807) is 6.20 Å². The minimum Gasteiger partial charge on any atom is -0.393 e. The molecular weight excluding hydrogens is 465 g/mol. The molecule has 1 aliphatic heterocycles. The normalized spacial score (nSPS) is 15.8. The molecule has 1 fully saturated rings. The van der Waals surface area contributed by atoms with Crippen LogP contribution in [0.25, 0.3) is 0 Å². The second kappa shape index (κ2) is 12.0. The molecule has 2 aromatic rings. The van der Waals surface area contributed by atoms with Crippen LogP contribution in [-0.2, 0) is 19.5 Å². The number of aliphatic imine (C=N–C) groups is 1. The van der Waals surface area contributed by atoms with Crippen LogP contribution in [0, 0.1) is 0 Å². The Hall–Kier alpha value is -1.71. The van der Waals surface area contributed by atoms with Gasteiger partial charge in [-0.3, -0.25) is 9.88 Å². The first-order valence-electron chi connectivity index (χ1n) is 9.61. The summed E-state index contributed by atoms with van der Waals surface area (Å²) < 4.78 is 0. The van der Waals surface area contributed by atoms with Crippen LogP contribution >= 0.6 is 24.0 Å². The molecule has 7 heteroatoms. The standard InChI is InChI=1S/C21H29N5O.HI/c22-21(24-12-8-19-7-3-4-11-23-19)25-15-17-5-1-2-6-18(17)16-26-13-9-20(27)10-14-26;/h1-7,11,20,27H,8-10,12-16H2,(H3,22,24,25);1H. The van der Waals surface area contributed by atoms with Crippen molar-refractivity contribution in [1.29, 1.82) is 0 Å². The number of rotatable bonds is 7. The Balaban J connectivity index is 0.00000280. The van der Waals surface area contributed by atoms with E-state index >= 15 is 0 Å². The van der Waals surface area contributed by atoms with Crippen LogP contribution in [0.1, 0.15) is 29.7 Å². The zero-order chi connectivity index (χ0) is 18.9. The van der Waals surface area contributed by atoms with E-state index < -0.39 is 0 Å². The SMILES string of the molecule is I.NC(=NCc1ccccc1CN1CCC(O)CC1)NCCc1ccccn1. The number of piperidine rings is 1. The summed E-state index contributed by atoms with van der Waals surface area (Å²) in [5, 5.41) is 12.8. The van der Waals surface area contributed by atoms with Crippen LogP contribution in [0.5, 0.6) is 0 Å². The molecule has 0 saturated carbocycles. The second-order valence-electron chi connectivity index (χ2n) is 6.98. The zero-order valence-electron chi connectivity index (χ0n) is 16.1. The van der Waals surface area contributed by atoms with Gasteiger partial charge >= 0.3 is 0 Å². The van der Waals surface area contributed by atoms with Gasteiger partial charge in [0.05, 0.1) is 12.6 Å². The molecule has 0 radical (unpaired) electrons. The number of aromatic nitrogens is 1. The van der Waals surface area contributed by atoms with Gasteiger partial charge in [0.2, 0.25) is 0 Å². The van der Waals surface area contributed by atoms with Crippen molar-refractivity contribution in [3.05, 3.63) is 65.5 Å².